The molecule has 2 heterocycles. The van der Waals surface area contributed by atoms with Crippen LogP contribution < -0.4 is 10.1 Å². The summed E-state index contributed by atoms with van der Waals surface area (Å²) >= 11 is 1.29. The highest BCUT2D eigenvalue weighted by Gasteiger charge is 2.27. The number of nitrogens with zero attached hydrogens (tertiary/aromatic N) is 3. The molecule has 0 atom stereocenters. The molecule has 1 aliphatic heterocycles. The van der Waals surface area contributed by atoms with Gasteiger partial charge in [0.05, 0.1) is 0 Å². The van der Waals surface area contributed by atoms with Crippen LogP contribution in [0.4, 0.5) is 5.13 Å². The van der Waals surface area contributed by atoms with E-state index in [9.17, 15) is 9.59 Å². The molecule has 3 aromatic rings. The van der Waals surface area contributed by atoms with Crippen molar-refractivity contribution in [2.45, 2.75) is 19.4 Å². The Hall–Kier alpha value is -3.52. The Bertz CT molecular complexity index is 1060. The molecule has 8 heteroatoms. The zero-order valence-corrected chi connectivity index (χ0v) is 18.3. The van der Waals surface area contributed by atoms with E-state index in [0.29, 0.717) is 37.7 Å². The third kappa shape index (κ3) is 6.01. The van der Waals surface area contributed by atoms with Crippen LogP contribution in [-0.2, 0) is 16.2 Å². The van der Waals surface area contributed by atoms with Gasteiger partial charge in [-0.05, 0) is 42.2 Å². The van der Waals surface area contributed by atoms with Crippen LogP contribution >= 0.6 is 11.3 Å². The van der Waals surface area contributed by atoms with E-state index < -0.39 is 0 Å². The molecule has 4 rings (SSSR count). The van der Waals surface area contributed by atoms with Gasteiger partial charge in [-0.3, -0.25) is 9.59 Å². The van der Waals surface area contributed by atoms with Gasteiger partial charge in [-0.1, -0.05) is 53.8 Å². The summed E-state index contributed by atoms with van der Waals surface area (Å²) < 4.78 is 5.85. The van der Waals surface area contributed by atoms with E-state index >= 15 is 0 Å². The third-order valence-electron chi connectivity index (χ3n) is 5.29. The molecule has 0 unspecified atom stereocenters. The average Bonchev–Trinajstić information content (AvgIpc) is 3.35. The van der Waals surface area contributed by atoms with Gasteiger partial charge in [0.2, 0.25) is 16.9 Å². The molecular weight excluding hydrogens is 424 g/mol. The van der Waals surface area contributed by atoms with Crippen molar-refractivity contribution in [3.05, 3.63) is 77.3 Å². The molecular formula is C24H24N4O3S. The SMILES string of the molecule is O=C(Nc1nncs1)C1CCN(C(=O)/C=C/c2cccc(OCc3ccccc3)c2)CC1. The third-order valence-corrected chi connectivity index (χ3v) is 5.90. The lowest BCUT2D eigenvalue weighted by molar-refractivity contribution is -0.130. The van der Waals surface area contributed by atoms with E-state index in [1.54, 1.807) is 22.6 Å². The van der Waals surface area contributed by atoms with Crippen molar-refractivity contribution in [2.24, 2.45) is 5.92 Å². The molecule has 0 saturated carbocycles. The standard InChI is InChI=1S/C24H24N4O3S/c29-22(28-13-11-20(12-14-28)23(30)26-24-27-25-17-32-24)10-9-18-7-4-8-21(15-18)31-16-19-5-2-1-3-6-19/h1-10,15,17,20H,11-14,16H2,(H,26,27,30)/b10-9+. The molecule has 1 fully saturated rings. The number of nitrogens with one attached hydrogen (secondary N) is 1. The Labute approximate surface area is 190 Å². The fourth-order valence-electron chi connectivity index (χ4n) is 3.52. The number of hydrogen-bond donors (Lipinski definition) is 1. The van der Waals surface area contributed by atoms with E-state index in [1.807, 2.05) is 54.6 Å². The first-order chi connectivity index (χ1) is 15.7. The summed E-state index contributed by atoms with van der Waals surface area (Å²) in [6.07, 6.45) is 4.64. The van der Waals surface area contributed by atoms with Gasteiger partial charge < -0.3 is 15.0 Å². The monoisotopic (exact) mass is 448 g/mol. The number of benzene rings is 2. The molecule has 0 aliphatic carbocycles. The van der Waals surface area contributed by atoms with Crippen LogP contribution in [0.1, 0.15) is 24.0 Å². The second-order valence-corrected chi connectivity index (χ2v) is 8.35. The van der Waals surface area contributed by atoms with E-state index in [-0.39, 0.29) is 17.7 Å². The molecule has 164 valence electrons. The number of rotatable bonds is 7. The maximum absolute atomic E-state index is 12.6. The van der Waals surface area contributed by atoms with Crippen LogP contribution in [0.5, 0.6) is 5.75 Å². The molecule has 0 radical (unpaired) electrons. The lowest BCUT2D eigenvalue weighted by atomic mass is 9.96. The lowest BCUT2D eigenvalue weighted by Crippen LogP contribution is -2.40. The molecule has 2 amide bonds. The summed E-state index contributed by atoms with van der Waals surface area (Å²) in [4.78, 5) is 26.7. The normalized spacial score (nSPS) is 14.4. The Balaban J connectivity index is 1.26. The lowest BCUT2D eigenvalue weighted by Gasteiger charge is -2.30. The first-order valence-corrected chi connectivity index (χ1v) is 11.4. The fraction of sp³-hybridized carbons (Fsp3) is 0.250. The predicted octanol–water partition coefficient (Wildman–Crippen LogP) is 4.01. The van der Waals surface area contributed by atoms with Gasteiger partial charge in [0.15, 0.2) is 0 Å². The Morgan fingerprint density at radius 3 is 2.69 bits per heavy atom. The van der Waals surface area contributed by atoms with Crippen LogP contribution in [0.3, 0.4) is 0 Å². The van der Waals surface area contributed by atoms with E-state index in [4.69, 9.17) is 4.74 Å². The number of amides is 2. The van der Waals surface area contributed by atoms with Crippen molar-refractivity contribution >= 4 is 34.4 Å². The Morgan fingerprint density at radius 2 is 1.94 bits per heavy atom. The molecule has 1 aromatic heterocycles. The second-order valence-electron chi connectivity index (χ2n) is 7.51. The molecule has 1 N–H and O–H groups in total. The maximum atomic E-state index is 12.6. The van der Waals surface area contributed by atoms with E-state index in [2.05, 4.69) is 15.5 Å². The highest BCUT2D eigenvalue weighted by atomic mass is 32.1. The summed E-state index contributed by atoms with van der Waals surface area (Å²) in [6, 6.07) is 17.6. The van der Waals surface area contributed by atoms with Crippen LogP contribution in [0, 0.1) is 5.92 Å². The highest BCUT2D eigenvalue weighted by Crippen LogP contribution is 2.21. The summed E-state index contributed by atoms with van der Waals surface area (Å²) in [7, 11) is 0. The molecule has 2 aromatic carbocycles. The number of carbonyl (C=O) groups is 2. The van der Waals surface area contributed by atoms with Crippen LogP contribution in [0.2, 0.25) is 0 Å². The minimum atomic E-state index is -0.120. The quantitative estimate of drug-likeness (QED) is 0.552. The van der Waals surface area contributed by atoms with Crippen molar-refractivity contribution in [2.75, 3.05) is 18.4 Å². The topological polar surface area (TPSA) is 84.4 Å². The smallest absolute Gasteiger partial charge is 0.246 e. The minimum absolute atomic E-state index is 0.0522. The molecule has 1 saturated heterocycles. The number of ether oxygens (including phenoxy) is 1. The van der Waals surface area contributed by atoms with Gasteiger partial charge in [0.1, 0.15) is 17.9 Å². The van der Waals surface area contributed by atoms with Crippen molar-refractivity contribution in [3.8, 4) is 5.75 Å². The first kappa shape index (κ1) is 21.7. The number of aromatic nitrogens is 2. The minimum Gasteiger partial charge on any atom is -0.489 e. The van der Waals surface area contributed by atoms with Gasteiger partial charge in [0, 0.05) is 25.1 Å². The van der Waals surface area contributed by atoms with Crippen molar-refractivity contribution in [1.29, 1.82) is 0 Å². The molecule has 0 spiro atoms. The zero-order chi connectivity index (χ0) is 22.2. The van der Waals surface area contributed by atoms with Crippen molar-refractivity contribution in [1.82, 2.24) is 15.1 Å². The van der Waals surface area contributed by atoms with Crippen LogP contribution in [0.15, 0.2) is 66.2 Å². The highest BCUT2D eigenvalue weighted by molar-refractivity contribution is 7.13. The summed E-state index contributed by atoms with van der Waals surface area (Å²) in [6.45, 7) is 1.60. The summed E-state index contributed by atoms with van der Waals surface area (Å²) in [5, 5.41) is 10.8. The van der Waals surface area contributed by atoms with Crippen molar-refractivity contribution in [3.63, 3.8) is 0 Å². The van der Waals surface area contributed by atoms with Crippen LogP contribution in [-0.4, -0.2) is 40.0 Å². The second kappa shape index (κ2) is 10.7. The number of anilines is 1. The number of carbonyl (C=O) groups excluding carboxylic acids is 2. The number of hydrogen-bond acceptors (Lipinski definition) is 6. The van der Waals surface area contributed by atoms with Gasteiger partial charge in [-0.15, -0.1) is 10.2 Å². The van der Waals surface area contributed by atoms with Gasteiger partial charge in [-0.25, -0.2) is 0 Å². The number of likely N-dealkylation sites (tertiary alicyclic amines) is 1. The van der Waals surface area contributed by atoms with Gasteiger partial charge in [0.25, 0.3) is 0 Å². The molecule has 7 nitrogen and oxygen atoms in total. The maximum Gasteiger partial charge on any atom is 0.246 e. The van der Waals surface area contributed by atoms with E-state index in [1.165, 1.54) is 11.3 Å². The Morgan fingerprint density at radius 1 is 1.12 bits per heavy atom. The van der Waals surface area contributed by atoms with Crippen LogP contribution in [0.25, 0.3) is 6.08 Å². The summed E-state index contributed by atoms with van der Waals surface area (Å²) in [5.41, 5.74) is 3.58. The fourth-order valence-corrected chi connectivity index (χ4v) is 3.97. The predicted molar refractivity (Wildman–Crippen MR) is 124 cm³/mol. The van der Waals surface area contributed by atoms with Gasteiger partial charge >= 0.3 is 0 Å². The van der Waals surface area contributed by atoms with E-state index in [0.717, 1.165) is 16.9 Å². The summed E-state index contributed by atoms with van der Waals surface area (Å²) in [5.74, 6) is 0.524. The molecule has 32 heavy (non-hydrogen) atoms. The zero-order valence-electron chi connectivity index (χ0n) is 17.5. The number of piperidine rings is 1. The Kier molecular flexibility index (Phi) is 7.24. The largest absolute Gasteiger partial charge is 0.489 e. The van der Waals surface area contributed by atoms with Crippen molar-refractivity contribution < 1.29 is 14.3 Å². The molecule has 1 aliphatic rings. The molecule has 0 bridgehead atoms. The average molecular weight is 449 g/mol. The van der Waals surface area contributed by atoms with Gasteiger partial charge in [-0.2, -0.15) is 0 Å². The first-order valence-electron chi connectivity index (χ1n) is 10.5.